The zero-order chi connectivity index (χ0) is 13.8. The second-order valence-corrected chi connectivity index (χ2v) is 11.1. The van der Waals surface area contributed by atoms with Gasteiger partial charge in [-0.3, -0.25) is 0 Å². The highest BCUT2D eigenvalue weighted by Gasteiger charge is 2.36. The van der Waals surface area contributed by atoms with Crippen molar-refractivity contribution >= 4 is 14.4 Å². The van der Waals surface area contributed by atoms with Crippen LogP contribution in [0.15, 0.2) is 18.6 Å². The Balaban J connectivity index is 2.33. The molecule has 0 atom stereocenters. The summed E-state index contributed by atoms with van der Waals surface area (Å²) in [5.74, 6) is 0. The first kappa shape index (κ1) is 15.2. The fourth-order valence-electron chi connectivity index (χ4n) is 1.32. The maximum Gasteiger partial charge on any atom is 0.191 e. The first-order chi connectivity index (χ1) is 8.22. The molecule has 0 fully saturated rings. The van der Waals surface area contributed by atoms with E-state index < -0.39 is 8.32 Å². The van der Waals surface area contributed by atoms with Crippen molar-refractivity contribution in [3.63, 3.8) is 0 Å². The van der Waals surface area contributed by atoms with Crippen molar-refractivity contribution in [2.45, 2.75) is 45.3 Å². The first-order valence-electron chi connectivity index (χ1n) is 6.51. The van der Waals surface area contributed by atoms with Crippen molar-refractivity contribution in [1.29, 1.82) is 0 Å². The molecule has 1 rings (SSSR count). The summed E-state index contributed by atoms with van der Waals surface area (Å²) in [5.41, 5.74) is 1.00. The van der Waals surface area contributed by atoms with Gasteiger partial charge in [0.25, 0.3) is 0 Å². The molecular weight excluding hydrogens is 240 g/mol. The van der Waals surface area contributed by atoms with Gasteiger partial charge in [0.15, 0.2) is 8.32 Å². The molecule has 0 saturated heterocycles. The Morgan fingerprint density at radius 2 is 2.06 bits per heavy atom. The number of nitrogens with zero attached hydrogens (tertiary/aromatic N) is 2. The molecule has 1 heterocycles. The lowest BCUT2D eigenvalue weighted by molar-refractivity contribution is 0.294. The lowest BCUT2D eigenvalue weighted by atomic mass is 10.2. The third-order valence-corrected chi connectivity index (χ3v) is 8.11. The maximum absolute atomic E-state index is 6.10. The largest absolute Gasteiger partial charge is 0.417 e. The van der Waals surface area contributed by atoms with Gasteiger partial charge in [0.1, 0.15) is 0 Å². The third kappa shape index (κ3) is 4.42. The average molecular weight is 266 g/mol. The molecule has 18 heavy (non-hydrogen) atoms. The number of aryl methyl sites for hydroxylation is 1. The highest BCUT2D eigenvalue weighted by Crippen LogP contribution is 2.36. The van der Waals surface area contributed by atoms with Crippen molar-refractivity contribution in [3.8, 4) is 0 Å². The Morgan fingerprint density at radius 3 is 2.56 bits per heavy atom. The molecule has 0 aromatic carbocycles. The molecule has 0 aliphatic rings. The van der Waals surface area contributed by atoms with Crippen molar-refractivity contribution in [2.24, 2.45) is 7.05 Å². The minimum absolute atomic E-state index is 0.289. The van der Waals surface area contributed by atoms with Gasteiger partial charge in [-0.2, -0.15) is 0 Å². The highest BCUT2D eigenvalue weighted by atomic mass is 28.4. The minimum atomic E-state index is -1.58. The van der Waals surface area contributed by atoms with Crippen LogP contribution in [0.4, 0.5) is 0 Å². The number of hydrogen-bond acceptors (Lipinski definition) is 2. The molecule has 0 amide bonds. The minimum Gasteiger partial charge on any atom is -0.417 e. The standard InChI is InChI=1S/C14H26N2OSi/c1-14(2,3)18(5,6)17-10-8-7-9-13-11-16(4)12-15-13/h7,9,11-12H,8,10H2,1-6H3. The Morgan fingerprint density at radius 1 is 1.39 bits per heavy atom. The monoisotopic (exact) mass is 266 g/mol. The molecule has 0 bridgehead atoms. The summed E-state index contributed by atoms with van der Waals surface area (Å²) >= 11 is 0. The van der Waals surface area contributed by atoms with Gasteiger partial charge in [-0.1, -0.05) is 26.8 Å². The van der Waals surface area contributed by atoms with Crippen molar-refractivity contribution in [1.82, 2.24) is 9.55 Å². The summed E-state index contributed by atoms with van der Waals surface area (Å²) < 4.78 is 8.05. The van der Waals surface area contributed by atoms with E-state index in [1.807, 2.05) is 24.1 Å². The van der Waals surface area contributed by atoms with E-state index in [1.165, 1.54) is 0 Å². The van der Waals surface area contributed by atoms with Crippen molar-refractivity contribution in [3.05, 3.63) is 24.3 Å². The molecular formula is C14H26N2OSi. The summed E-state index contributed by atoms with van der Waals surface area (Å²) in [7, 11) is 0.393. The van der Waals surface area contributed by atoms with Gasteiger partial charge in [-0.05, 0) is 30.6 Å². The second kappa shape index (κ2) is 5.84. The van der Waals surface area contributed by atoms with Gasteiger partial charge < -0.3 is 8.99 Å². The normalized spacial score (nSPS) is 13.4. The summed E-state index contributed by atoms with van der Waals surface area (Å²) in [6, 6.07) is 0. The molecule has 0 unspecified atom stereocenters. The van der Waals surface area contributed by atoms with Gasteiger partial charge in [-0.25, -0.2) is 4.98 Å². The molecule has 0 N–H and O–H groups in total. The lowest BCUT2D eigenvalue weighted by Gasteiger charge is -2.36. The Bertz CT molecular complexity index is 402. The summed E-state index contributed by atoms with van der Waals surface area (Å²) in [6.45, 7) is 12.2. The summed E-state index contributed by atoms with van der Waals surface area (Å²) in [6.07, 6.45) is 8.95. The van der Waals surface area contributed by atoms with E-state index in [2.05, 4.69) is 51.0 Å². The number of imidazole rings is 1. The van der Waals surface area contributed by atoms with Gasteiger partial charge in [0.2, 0.25) is 0 Å². The van der Waals surface area contributed by atoms with Gasteiger partial charge in [0, 0.05) is 19.9 Å². The van der Waals surface area contributed by atoms with Crippen LogP contribution in [0.5, 0.6) is 0 Å². The van der Waals surface area contributed by atoms with Crippen LogP contribution in [-0.2, 0) is 11.5 Å². The predicted octanol–water partition coefficient (Wildman–Crippen LogP) is 3.85. The summed E-state index contributed by atoms with van der Waals surface area (Å²) in [5, 5.41) is 0.289. The van der Waals surface area contributed by atoms with E-state index in [1.54, 1.807) is 0 Å². The fourth-order valence-corrected chi connectivity index (χ4v) is 2.38. The smallest absolute Gasteiger partial charge is 0.191 e. The van der Waals surface area contributed by atoms with E-state index in [4.69, 9.17) is 4.43 Å². The lowest BCUT2D eigenvalue weighted by Crippen LogP contribution is -2.40. The third-order valence-electron chi connectivity index (χ3n) is 3.57. The Labute approximate surface area is 112 Å². The van der Waals surface area contributed by atoms with Crippen LogP contribution in [0.2, 0.25) is 18.1 Å². The van der Waals surface area contributed by atoms with Crippen LogP contribution in [0, 0.1) is 0 Å². The molecule has 1 aromatic rings. The Kier molecular flexibility index (Phi) is 4.93. The fraction of sp³-hybridized carbons (Fsp3) is 0.643. The van der Waals surface area contributed by atoms with E-state index in [0.29, 0.717) is 0 Å². The molecule has 102 valence electrons. The Hall–Kier alpha value is -0.873. The molecule has 0 aliphatic carbocycles. The molecule has 4 heteroatoms. The van der Waals surface area contributed by atoms with Crippen LogP contribution in [0.25, 0.3) is 6.08 Å². The molecule has 1 aromatic heterocycles. The zero-order valence-electron chi connectivity index (χ0n) is 12.5. The van der Waals surface area contributed by atoms with Gasteiger partial charge >= 0.3 is 0 Å². The first-order valence-corrected chi connectivity index (χ1v) is 9.42. The van der Waals surface area contributed by atoms with E-state index in [0.717, 1.165) is 18.7 Å². The van der Waals surface area contributed by atoms with Crippen molar-refractivity contribution in [2.75, 3.05) is 6.61 Å². The van der Waals surface area contributed by atoms with Crippen LogP contribution in [0.3, 0.4) is 0 Å². The predicted molar refractivity (Wildman–Crippen MR) is 80.0 cm³/mol. The van der Waals surface area contributed by atoms with Gasteiger partial charge in [0.05, 0.1) is 12.0 Å². The molecule has 0 saturated carbocycles. The van der Waals surface area contributed by atoms with E-state index in [9.17, 15) is 0 Å². The highest BCUT2D eigenvalue weighted by molar-refractivity contribution is 6.74. The topological polar surface area (TPSA) is 27.1 Å². The number of aromatic nitrogens is 2. The van der Waals surface area contributed by atoms with Crippen LogP contribution in [-0.4, -0.2) is 24.5 Å². The van der Waals surface area contributed by atoms with Gasteiger partial charge in [-0.15, -0.1) is 0 Å². The number of hydrogen-bond donors (Lipinski definition) is 0. The average Bonchev–Trinajstić information content (AvgIpc) is 2.62. The van der Waals surface area contributed by atoms with Crippen molar-refractivity contribution < 1.29 is 4.43 Å². The van der Waals surface area contributed by atoms with Crippen LogP contribution >= 0.6 is 0 Å². The van der Waals surface area contributed by atoms with E-state index >= 15 is 0 Å². The zero-order valence-corrected chi connectivity index (χ0v) is 13.5. The van der Waals surface area contributed by atoms with Crippen LogP contribution in [0.1, 0.15) is 32.9 Å². The summed E-state index contributed by atoms with van der Waals surface area (Å²) in [4.78, 5) is 4.25. The second-order valence-electron chi connectivity index (χ2n) is 6.26. The molecule has 0 radical (unpaired) electrons. The quantitative estimate of drug-likeness (QED) is 0.598. The molecule has 3 nitrogen and oxygen atoms in total. The SMILES string of the molecule is Cn1cnc(C=CCCO[Si](C)(C)C(C)(C)C)c1. The molecule has 0 spiro atoms. The maximum atomic E-state index is 6.10. The number of rotatable bonds is 5. The molecule has 0 aliphatic heterocycles. The van der Waals surface area contributed by atoms with Crippen LogP contribution < -0.4 is 0 Å². The van der Waals surface area contributed by atoms with E-state index in [-0.39, 0.29) is 5.04 Å².